The Hall–Kier alpha value is -2.30. The maximum atomic E-state index is 12.0. The Morgan fingerprint density at radius 3 is 2.33 bits per heavy atom. The van der Waals surface area contributed by atoms with Crippen molar-refractivity contribution in [1.82, 2.24) is 10.2 Å². The summed E-state index contributed by atoms with van der Waals surface area (Å²) in [6, 6.07) is 5.57. The van der Waals surface area contributed by atoms with E-state index in [0.717, 1.165) is 16.8 Å². The molecule has 18 heavy (non-hydrogen) atoms. The third kappa shape index (κ3) is 2.34. The normalized spacial score (nSPS) is 10.4. The number of carbonyl (C=O) groups is 1. The number of rotatable bonds is 2. The fourth-order valence-electron chi connectivity index (χ4n) is 2.01. The van der Waals surface area contributed by atoms with Gasteiger partial charge in [-0.1, -0.05) is 17.7 Å². The van der Waals surface area contributed by atoms with Gasteiger partial charge in [-0.15, -0.1) is 0 Å². The lowest BCUT2D eigenvalue weighted by Crippen LogP contribution is -2.14. The molecule has 94 valence electrons. The van der Waals surface area contributed by atoms with E-state index in [0.29, 0.717) is 11.5 Å². The summed E-state index contributed by atoms with van der Waals surface area (Å²) in [4.78, 5) is 12.0. The average Bonchev–Trinajstić information content (AvgIpc) is 2.70. The van der Waals surface area contributed by atoms with Crippen LogP contribution in [0.2, 0.25) is 0 Å². The zero-order valence-corrected chi connectivity index (χ0v) is 10.7. The van der Waals surface area contributed by atoms with Crippen molar-refractivity contribution in [3.8, 4) is 0 Å². The predicted molar refractivity (Wildman–Crippen MR) is 71.6 cm³/mol. The Morgan fingerprint density at radius 2 is 1.83 bits per heavy atom. The van der Waals surface area contributed by atoms with E-state index in [-0.39, 0.29) is 5.91 Å². The number of benzene rings is 1. The van der Waals surface area contributed by atoms with E-state index < -0.39 is 0 Å². The van der Waals surface area contributed by atoms with Crippen molar-refractivity contribution in [1.29, 1.82) is 0 Å². The Balaban J connectivity index is 2.27. The molecule has 1 aromatic heterocycles. The highest BCUT2D eigenvalue weighted by Gasteiger charge is 2.12. The second-order valence-electron chi connectivity index (χ2n) is 4.43. The summed E-state index contributed by atoms with van der Waals surface area (Å²) in [7, 11) is 0. The molecule has 0 aliphatic heterocycles. The number of nitrogens with zero attached hydrogens (tertiary/aromatic N) is 1. The molecule has 0 fully saturated rings. The molecule has 0 unspecified atom stereocenters. The Kier molecular flexibility index (Phi) is 3.06. The number of amides is 1. The van der Waals surface area contributed by atoms with Crippen molar-refractivity contribution in [2.75, 3.05) is 11.1 Å². The minimum atomic E-state index is -0.241. The maximum Gasteiger partial charge on any atom is 0.273 e. The third-order valence-electron chi connectivity index (χ3n) is 2.76. The van der Waals surface area contributed by atoms with E-state index in [4.69, 9.17) is 5.73 Å². The van der Waals surface area contributed by atoms with Crippen molar-refractivity contribution >= 4 is 17.4 Å². The van der Waals surface area contributed by atoms with Crippen molar-refractivity contribution in [3.05, 3.63) is 40.6 Å². The molecule has 4 N–H and O–H groups in total. The number of hydrogen-bond donors (Lipinski definition) is 3. The fourth-order valence-corrected chi connectivity index (χ4v) is 2.01. The van der Waals surface area contributed by atoms with Crippen molar-refractivity contribution < 1.29 is 4.79 Å². The molecule has 0 atom stereocenters. The predicted octanol–water partition coefficient (Wildman–Crippen LogP) is 2.17. The lowest BCUT2D eigenvalue weighted by Gasteiger charge is -2.12. The fraction of sp³-hybridized carbons (Fsp3) is 0.231. The van der Waals surface area contributed by atoms with E-state index in [2.05, 4.69) is 15.5 Å². The molecule has 2 aromatic rings. The van der Waals surface area contributed by atoms with Gasteiger partial charge in [0.25, 0.3) is 5.91 Å². The lowest BCUT2D eigenvalue weighted by atomic mass is 10.1. The molecular formula is C13H16N4O. The molecule has 1 aromatic carbocycles. The van der Waals surface area contributed by atoms with Crippen LogP contribution in [0.5, 0.6) is 0 Å². The summed E-state index contributed by atoms with van der Waals surface area (Å²) in [5.74, 6) is 0.0618. The molecule has 1 amide bonds. The number of nitrogens with one attached hydrogen (secondary N) is 2. The van der Waals surface area contributed by atoms with Gasteiger partial charge >= 0.3 is 0 Å². The minimum Gasteiger partial charge on any atom is -0.382 e. The SMILES string of the molecule is Cc1cc(C)c(NC(=O)c2cc(N)n[nH]2)c(C)c1. The quantitative estimate of drug-likeness (QED) is 0.757. The lowest BCUT2D eigenvalue weighted by molar-refractivity contribution is 0.102. The first-order valence-corrected chi connectivity index (χ1v) is 5.67. The average molecular weight is 244 g/mol. The highest BCUT2D eigenvalue weighted by atomic mass is 16.1. The molecule has 0 radical (unpaired) electrons. The highest BCUT2D eigenvalue weighted by Crippen LogP contribution is 2.22. The molecule has 5 heteroatoms. The van der Waals surface area contributed by atoms with Crippen LogP contribution in [0.1, 0.15) is 27.2 Å². The number of carbonyl (C=O) groups excluding carboxylic acids is 1. The van der Waals surface area contributed by atoms with Crippen molar-refractivity contribution in [2.24, 2.45) is 0 Å². The first-order valence-electron chi connectivity index (χ1n) is 5.67. The molecule has 0 spiro atoms. The van der Waals surface area contributed by atoms with Crippen molar-refractivity contribution in [3.63, 3.8) is 0 Å². The topological polar surface area (TPSA) is 83.8 Å². The summed E-state index contributed by atoms with van der Waals surface area (Å²) < 4.78 is 0. The summed E-state index contributed by atoms with van der Waals surface area (Å²) in [6.45, 7) is 5.97. The molecule has 0 aliphatic carbocycles. The van der Waals surface area contributed by atoms with Gasteiger partial charge in [0, 0.05) is 11.8 Å². The van der Waals surface area contributed by atoms with E-state index in [1.165, 1.54) is 11.6 Å². The van der Waals surface area contributed by atoms with Gasteiger partial charge in [-0.25, -0.2) is 0 Å². The second-order valence-corrected chi connectivity index (χ2v) is 4.43. The van der Waals surface area contributed by atoms with Gasteiger partial charge in [0.2, 0.25) is 0 Å². The zero-order valence-electron chi connectivity index (χ0n) is 10.7. The summed E-state index contributed by atoms with van der Waals surface area (Å²) in [6.07, 6.45) is 0. The minimum absolute atomic E-state index is 0.241. The summed E-state index contributed by atoms with van der Waals surface area (Å²) in [5.41, 5.74) is 9.90. The molecule has 0 aliphatic rings. The smallest absolute Gasteiger partial charge is 0.273 e. The first-order chi connectivity index (χ1) is 8.47. The zero-order chi connectivity index (χ0) is 13.3. The molecule has 0 saturated heterocycles. The van der Waals surface area contributed by atoms with E-state index >= 15 is 0 Å². The van der Waals surface area contributed by atoms with Crippen LogP contribution in [0.4, 0.5) is 11.5 Å². The number of aromatic amines is 1. The highest BCUT2D eigenvalue weighted by molar-refractivity contribution is 6.04. The largest absolute Gasteiger partial charge is 0.382 e. The number of H-pyrrole nitrogens is 1. The van der Waals surface area contributed by atoms with Crippen LogP contribution in [-0.4, -0.2) is 16.1 Å². The monoisotopic (exact) mass is 244 g/mol. The van der Waals surface area contributed by atoms with Crippen LogP contribution in [0.3, 0.4) is 0 Å². The standard InChI is InChI=1S/C13H16N4O/c1-7-4-8(2)12(9(3)5-7)15-13(18)10-6-11(14)17-16-10/h4-6H,1-3H3,(H,15,18)(H3,14,16,17). The molecule has 5 nitrogen and oxygen atoms in total. The van der Waals surface area contributed by atoms with Crippen molar-refractivity contribution in [2.45, 2.75) is 20.8 Å². The Bertz CT molecular complexity index is 578. The second kappa shape index (κ2) is 4.52. The van der Waals surface area contributed by atoms with Gasteiger partial charge in [0.15, 0.2) is 0 Å². The number of aryl methyl sites for hydroxylation is 3. The number of aromatic nitrogens is 2. The Morgan fingerprint density at radius 1 is 1.22 bits per heavy atom. The van der Waals surface area contributed by atoms with Crippen LogP contribution < -0.4 is 11.1 Å². The van der Waals surface area contributed by atoms with E-state index in [9.17, 15) is 4.79 Å². The van der Waals surface area contributed by atoms with E-state index in [1.54, 1.807) is 0 Å². The van der Waals surface area contributed by atoms with Crippen LogP contribution >= 0.6 is 0 Å². The number of hydrogen-bond acceptors (Lipinski definition) is 3. The Labute approximate surface area is 105 Å². The van der Waals surface area contributed by atoms with Crippen LogP contribution in [0, 0.1) is 20.8 Å². The molecule has 2 rings (SSSR count). The molecule has 1 heterocycles. The van der Waals surface area contributed by atoms with Gasteiger partial charge in [-0.2, -0.15) is 5.10 Å². The third-order valence-corrected chi connectivity index (χ3v) is 2.76. The molecule has 0 bridgehead atoms. The van der Waals surface area contributed by atoms with Gasteiger partial charge in [0.05, 0.1) is 0 Å². The first kappa shape index (κ1) is 12.2. The van der Waals surface area contributed by atoms with Gasteiger partial charge in [-0.05, 0) is 31.9 Å². The van der Waals surface area contributed by atoms with Gasteiger partial charge in [0.1, 0.15) is 11.5 Å². The van der Waals surface area contributed by atoms with Crippen LogP contribution in [-0.2, 0) is 0 Å². The van der Waals surface area contributed by atoms with Gasteiger partial charge in [-0.3, -0.25) is 9.89 Å². The van der Waals surface area contributed by atoms with Crippen LogP contribution in [0.15, 0.2) is 18.2 Å². The van der Waals surface area contributed by atoms with Gasteiger partial charge < -0.3 is 11.1 Å². The molecular weight excluding hydrogens is 228 g/mol. The molecule has 0 saturated carbocycles. The summed E-state index contributed by atoms with van der Waals surface area (Å²) >= 11 is 0. The number of nitrogens with two attached hydrogens (primary N) is 1. The maximum absolute atomic E-state index is 12.0. The summed E-state index contributed by atoms with van der Waals surface area (Å²) in [5, 5.41) is 9.19. The van der Waals surface area contributed by atoms with Crippen LogP contribution in [0.25, 0.3) is 0 Å². The number of nitrogen functional groups attached to an aromatic ring is 1. The number of anilines is 2. The van der Waals surface area contributed by atoms with E-state index in [1.807, 2.05) is 32.9 Å².